The van der Waals surface area contributed by atoms with E-state index >= 15 is 0 Å². The third kappa shape index (κ3) is 12.8. The quantitative estimate of drug-likeness (QED) is 0.171. The fraction of sp³-hybridized carbons (Fsp3) is 0.571. The van der Waals surface area contributed by atoms with Gasteiger partial charge in [0.25, 0.3) is 0 Å². The van der Waals surface area contributed by atoms with Crippen molar-refractivity contribution in [2.75, 3.05) is 0 Å². The average Bonchev–Trinajstić information content (AvgIpc) is 3.95. The Balaban J connectivity index is 0.000000302. The molecule has 1 N–H and O–H groups in total. The van der Waals surface area contributed by atoms with Crippen LogP contribution in [0.1, 0.15) is 128 Å². The molecule has 0 aliphatic heterocycles. The van der Waals surface area contributed by atoms with Gasteiger partial charge in [0.1, 0.15) is 11.6 Å². The van der Waals surface area contributed by atoms with Gasteiger partial charge in [-0.15, -0.1) is 0 Å². The SMILES string of the molecule is C.C.Cc1cc(F)c(CO[Si](C)(C)C(C)(C)C)cc1-n1cnc(C2CC2)c1.Cc1cc(F)c(CO[Si](C)(C)C(C)(C)C)cc1Br.c1ncc(C2CC2)[nH]1. The summed E-state index contributed by atoms with van der Waals surface area (Å²) in [4.78, 5) is 11.5. The number of benzene rings is 2. The molecule has 11 heteroatoms. The highest BCUT2D eigenvalue weighted by molar-refractivity contribution is 9.10. The summed E-state index contributed by atoms with van der Waals surface area (Å²) in [6.45, 7) is 26.4. The van der Waals surface area contributed by atoms with Gasteiger partial charge < -0.3 is 18.4 Å². The Morgan fingerprint density at radius 1 is 0.792 bits per heavy atom. The van der Waals surface area contributed by atoms with Gasteiger partial charge in [-0.2, -0.15) is 0 Å². The van der Waals surface area contributed by atoms with Gasteiger partial charge in [-0.1, -0.05) is 72.3 Å². The van der Waals surface area contributed by atoms with Crippen molar-refractivity contribution in [2.45, 2.75) is 157 Å². The van der Waals surface area contributed by atoms with Crippen LogP contribution in [-0.4, -0.2) is 36.2 Å². The summed E-state index contributed by atoms with van der Waals surface area (Å²) in [5, 5.41) is 0.256. The van der Waals surface area contributed by atoms with Crippen LogP contribution in [0, 0.1) is 25.5 Å². The van der Waals surface area contributed by atoms with Crippen molar-refractivity contribution < 1.29 is 17.6 Å². The maximum atomic E-state index is 14.5. The minimum absolute atomic E-state index is 0. The normalized spacial score (nSPS) is 14.6. The van der Waals surface area contributed by atoms with Crippen LogP contribution < -0.4 is 0 Å². The van der Waals surface area contributed by atoms with Crippen LogP contribution in [0.3, 0.4) is 0 Å². The highest BCUT2D eigenvalue weighted by atomic mass is 79.9. The summed E-state index contributed by atoms with van der Waals surface area (Å²) >= 11 is 3.43. The Bertz CT molecular complexity index is 1750. The van der Waals surface area contributed by atoms with Gasteiger partial charge in [-0.25, -0.2) is 18.7 Å². The number of nitrogens with zero attached hydrogens (tertiary/aromatic N) is 3. The van der Waals surface area contributed by atoms with Crippen LogP contribution in [0.15, 0.2) is 53.8 Å². The van der Waals surface area contributed by atoms with E-state index < -0.39 is 16.6 Å². The van der Waals surface area contributed by atoms with Crippen LogP contribution in [-0.2, 0) is 22.1 Å². The first-order valence-corrected chi connectivity index (χ1v) is 24.7. The van der Waals surface area contributed by atoms with E-state index in [1.807, 2.05) is 43.1 Å². The molecule has 4 aromatic rings. The first-order valence-electron chi connectivity index (χ1n) is 18.1. The van der Waals surface area contributed by atoms with Crippen LogP contribution in [0.5, 0.6) is 0 Å². The summed E-state index contributed by atoms with van der Waals surface area (Å²) in [6.07, 6.45) is 12.7. The predicted molar refractivity (Wildman–Crippen MR) is 227 cm³/mol. The van der Waals surface area contributed by atoms with Gasteiger partial charge in [-0.05, 0) is 111 Å². The fourth-order valence-corrected chi connectivity index (χ4v) is 7.07. The summed E-state index contributed by atoms with van der Waals surface area (Å²) < 4.78 is 43.5. The van der Waals surface area contributed by atoms with Crippen molar-refractivity contribution in [3.63, 3.8) is 0 Å². The molecule has 2 saturated carbocycles. The number of aromatic amines is 1. The molecular formula is C42H67BrF2N4O2Si2. The van der Waals surface area contributed by atoms with Gasteiger partial charge in [-0.3, -0.25) is 0 Å². The number of H-pyrrole nitrogens is 1. The molecule has 296 valence electrons. The average molecular weight is 834 g/mol. The number of halogens is 3. The fourth-order valence-electron chi connectivity index (χ4n) is 4.78. The molecule has 0 spiro atoms. The van der Waals surface area contributed by atoms with Gasteiger partial charge >= 0.3 is 0 Å². The summed E-state index contributed by atoms with van der Waals surface area (Å²) in [5.74, 6) is 1.05. The number of hydrogen-bond acceptors (Lipinski definition) is 4. The van der Waals surface area contributed by atoms with Crippen molar-refractivity contribution in [3.8, 4) is 5.69 Å². The van der Waals surface area contributed by atoms with Crippen molar-refractivity contribution in [1.29, 1.82) is 0 Å². The molecule has 0 amide bonds. The highest BCUT2D eigenvalue weighted by Gasteiger charge is 2.38. The lowest BCUT2D eigenvalue weighted by Crippen LogP contribution is -2.40. The van der Waals surface area contributed by atoms with E-state index in [1.165, 1.54) is 31.4 Å². The molecule has 0 saturated heterocycles. The molecule has 2 aliphatic carbocycles. The lowest BCUT2D eigenvalue weighted by atomic mass is 10.1. The zero-order valence-electron chi connectivity index (χ0n) is 32.8. The third-order valence-corrected chi connectivity index (χ3v) is 20.7. The van der Waals surface area contributed by atoms with Crippen LogP contribution in [0.25, 0.3) is 5.69 Å². The van der Waals surface area contributed by atoms with E-state index in [2.05, 4.69) is 105 Å². The maximum absolute atomic E-state index is 14.5. The highest BCUT2D eigenvalue weighted by Crippen LogP contribution is 2.41. The van der Waals surface area contributed by atoms with E-state index in [4.69, 9.17) is 8.85 Å². The molecule has 2 heterocycles. The van der Waals surface area contributed by atoms with Crippen LogP contribution in [0.2, 0.25) is 36.3 Å². The number of aromatic nitrogens is 4. The van der Waals surface area contributed by atoms with Crippen molar-refractivity contribution in [3.05, 3.63) is 99.1 Å². The molecule has 0 atom stereocenters. The monoisotopic (exact) mass is 832 g/mol. The predicted octanol–water partition coefficient (Wildman–Crippen LogP) is 13.7. The zero-order chi connectivity index (χ0) is 37.9. The van der Waals surface area contributed by atoms with Crippen LogP contribution in [0.4, 0.5) is 8.78 Å². The number of aryl methyl sites for hydroxylation is 2. The molecule has 2 fully saturated rings. The van der Waals surface area contributed by atoms with E-state index in [1.54, 1.807) is 18.5 Å². The molecule has 0 radical (unpaired) electrons. The Kier molecular flexibility index (Phi) is 16.3. The topological polar surface area (TPSA) is 65.0 Å². The number of rotatable bonds is 9. The van der Waals surface area contributed by atoms with E-state index in [9.17, 15) is 8.78 Å². The van der Waals surface area contributed by atoms with Crippen molar-refractivity contribution in [1.82, 2.24) is 19.5 Å². The Morgan fingerprint density at radius 2 is 1.28 bits per heavy atom. The Labute approximate surface area is 330 Å². The third-order valence-electron chi connectivity index (χ3n) is 10.9. The molecule has 2 aromatic heterocycles. The Hall–Kier alpha value is -2.45. The zero-order valence-corrected chi connectivity index (χ0v) is 36.4. The number of hydrogen-bond donors (Lipinski definition) is 1. The minimum Gasteiger partial charge on any atom is -0.412 e. The maximum Gasteiger partial charge on any atom is 0.192 e. The molecular weight excluding hydrogens is 767 g/mol. The van der Waals surface area contributed by atoms with Crippen molar-refractivity contribution >= 4 is 32.6 Å². The van der Waals surface area contributed by atoms with Crippen LogP contribution >= 0.6 is 15.9 Å². The summed E-state index contributed by atoms with van der Waals surface area (Å²) in [7, 11) is -3.73. The summed E-state index contributed by atoms with van der Waals surface area (Å²) in [6, 6.07) is 6.89. The smallest absolute Gasteiger partial charge is 0.192 e. The van der Waals surface area contributed by atoms with Gasteiger partial charge in [0.2, 0.25) is 0 Å². The first-order chi connectivity index (χ1) is 23.6. The molecule has 6 nitrogen and oxygen atoms in total. The number of nitrogens with one attached hydrogen (secondary N) is 1. The second-order valence-corrected chi connectivity index (χ2v) is 27.8. The molecule has 6 rings (SSSR count). The molecule has 53 heavy (non-hydrogen) atoms. The molecule has 0 unspecified atom stereocenters. The minimum atomic E-state index is -1.91. The largest absolute Gasteiger partial charge is 0.412 e. The lowest BCUT2D eigenvalue weighted by Gasteiger charge is -2.36. The van der Waals surface area contributed by atoms with Gasteiger partial charge in [0.05, 0.1) is 31.6 Å². The van der Waals surface area contributed by atoms with Gasteiger partial charge in [0, 0.05) is 51.2 Å². The molecule has 2 aliphatic rings. The lowest BCUT2D eigenvalue weighted by molar-refractivity contribution is 0.271. The summed E-state index contributed by atoms with van der Waals surface area (Å²) in [5.41, 5.74) is 6.49. The van der Waals surface area contributed by atoms with E-state index in [0.717, 1.165) is 32.9 Å². The van der Waals surface area contributed by atoms with E-state index in [-0.39, 0.29) is 36.6 Å². The van der Waals surface area contributed by atoms with Crippen molar-refractivity contribution in [2.24, 2.45) is 0 Å². The molecule has 2 aromatic carbocycles. The Morgan fingerprint density at radius 3 is 1.74 bits per heavy atom. The second-order valence-electron chi connectivity index (χ2n) is 17.3. The second kappa shape index (κ2) is 18.5. The molecule has 0 bridgehead atoms. The standard InChI is InChI=1S/C20H29FN2OSi.C14H22BrFOSi.C6H8N2.2CH4/c1-14-9-17(21)16(12-24-25(5,6)20(2,3)4)10-19(14)23-11-18(22-13-23)15-7-8-15;1-10-7-13(16)11(8-12(10)15)9-17-18(5,6)14(2,3)4;1-2-5(1)6-3-7-4-8-6;;/h9-11,13,15H,7-8,12H2,1-6H3;7-8H,9H2,1-6H3;3-5H,1-2H2,(H,7,8);2*1H4. The number of imidazole rings is 2. The van der Waals surface area contributed by atoms with E-state index in [0.29, 0.717) is 30.3 Å². The van der Waals surface area contributed by atoms with Gasteiger partial charge in [0.15, 0.2) is 16.6 Å². The first kappa shape index (κ1) is 46.7.